The van der Waals surface area contributed by atoms with E-state index in [1.165, 1.54) is 4.52 Å². The van der Waals surface area contributed by atoms with Gasteiger partial charge >= 0.3 is 6.18 Å². The highest BCUT2D eigenvalue weighted by molar-refractivity contribution is 6.29. The zero-order valence-corrected chi connectivity index (χ0v) is 11.3. The summed E-state index contributed by atoms with van der Waals surface area (Å²) >= 11 is 6.00. The molecule has 2 aromatic heterocycles. The van der Waals surface area contributed by atoms with Crippen LogP contribution in [0.3, 0.4) is 0 Å². The number of halogens is 4. The van der Waals surface area contributed by atoms with Crippen LogP contribution in [0.15, 0.2) is 12.1 Å². The zero-order valence-electron chi connectivity index (χ0n) is 10.6. The normalized spacial score (nSPS) is 11.5. The molecule has 20 heavy (non-hydrogen) atoms. The maximum Gasteiger partial charge on any atom is 0.393 e. The average Bonchev–Trinajstić information content (AvgIpc) is 2.64. The van der Waals surface area contributed by atoms with E-state index in [4.69, 9.17) is 17.3 Å². The van der Waals surface area contributed by atoms with Crippen LogP contribution in [0.25, 0.3) is 5.52 Å². The average molecular weight is 302 g/mol. The molecule has 0 unspecified atom stereocenters. The number of pyridine rings is 1. The first-order valence-electron chi connectivity index (χ1n) is 5.75. The molecule has 0 amide bonds. The highest BCUT2D eigenvalue weighted by atomic mass is 35.5. The van der Waals surface area contributed by atoms with Crippen molar-refractivity contribution in [2.24, 2.45) is 5.73 Å². The van der Waals surface area contributed by atoms with Crippen LogP contribution in [0.4, 0.5) is 13.2 Å². The van der Waals surface area contributed by atoms with Gasteiger partial charge in [0.05, 0.1) is 18.5 Å². The van der Waals surface area contributed by atoms with Crippen molar-refractivity contribution in [2.45, 2.75) is 19.5 Å². The van der Waals surface area contributed by atoms with E-state index in [9.17, 15) is 13.2 Å². The molecule has 0 aliphatic carbocycles. The lowest BCUT2D eigenvalue weighted by Crippen LogP contribution is -2.12. The second-order valence-corrected chi connectivity index (χ2v) is 4.66. The number of aryl methyl sites for hydroxylation is 1. The lowest BCUT2D eigenvalue weighted by Gasteiger charge is -2.06. The van der Waals surface area contributed by atoms with Gasteiger partial charge < -0.3 is 5.73 Å². The van der Waals surface area contributed by atoms with Crippen LogP contribution in [-0.4, -0.2) is 22.3 Å². The molecule has 7 heteroatoms. The highest BCUT2D eigenvalue weighted by Crippen LogP contribution is 2.28. The van der Waals surface area contributed by atoms with Gasteiger partial charge in [0.15, 0.2) is 0 Å². The van der Waals surface area contributed by atoms with Gasteiger partial charge in [-0.15, -0.1) is 0 Å². The molecule has 0 fully saturated rings. The molecule has 0 aromatic carbocycles. The minimum Gasteiger partial charge on any atom is -0.320 e. The standard InChI is InChI=1S/C13H11ClF3N3/c1-8-5-11-9(7-13(15,16)17)10(3-2-4-18)19-20(11)12(14)6-8/h5-6H,4,7,18H2,1H3. The Labute approximate surface area is 118 Å². The van der Waals surface area contributed by atoms with Gasteiger partial charge in [-0.05, 0) is 30.5 Å². The third kappa shape index (κ3) is 3.06. The molecule has 0 saturated carbocycles. The van der Waals surface area contributed by atoms with Crippen molar-refractivity contribution in [2.75, 3.05) is 6.54 Å². The van der Waals surface area contributed by atoms with E-state index in [1.807, 2.05) is 0 Å². The Morgan fingerprint density at radius 3 is 2.70 bits per heavy atom. The maximum absolute atomic E-state index is 12.7. The van der Waals surface area contributed by atoms with Crippen LogP contribution < -0.4 is 5.73 Å². The van der Waals surface area contributed by atoms with Crippen molar-refractivity contribution in [1.29, 1.82) is 0 Å². The molecule has 2 aromatic rings. The SMILES string of the molecule is Cc1cc(Cl)n2nc(C#CCN)c(CC(F)(F)F)c2c1. The smallest absolute Gasteiger partial charge is 0.320 e. The van der Waals surface area contributed by atoms with Crippen LogP contribution in [-0.2, 0) is 6.42 Å². The van der Waals surface area contributed by atoms with Gasteiger partial charge in [0.1, 0.15) is 10.8 Å². The Bertz CT molecular complexity index is 707. The first kappa shape index (κ1) is 14.7. The Kier molecular flexibility index (Phi) is 3.93. The Morgan fingerprint density at radius 2 is 2.10 bits per heavy atom. The van der Waals surface area contributed by atoms with E-state index in [-0.39, 0.29) is 23.0 Å². The van der Waals surface area contributed by atoms with Crippen molar-refractivity contribution >= 4 is 17.1 Å². The van der Waals surface area contributed by atoms with Crippen molar-refractivity contribution < 1.29 is 13.2 Å². The van der Waals surface area contributed by atoms with Crippen LogP contribution >= 0.6 is 11.6 Å². The lowest BCUT2D eigenvalue weighted by molar-refractivity contribution is -0.127. The summed E-state index contributed by atoms with van der Waals surface area (Å²) in [6, 6.07) is 3.23. The van der Waals surface area contributed by atoms with Crippen molar-refractivity contribution in [3.05, 3.63) is 34.1 Å². The fraction of sp³-hybridized carbons (Fsp3) is 0.308. The Hall–Kier alpha value is -1.71. The van der Waals surface area contributed by atoms with E-state index in [1.54, 1.807) is 19.1 Å². The molecule has 0 aliphatic heterocycles. The summed E-state index contributed by atoms with van der Waals surface area (Å²) < 4.78 is 39.4. The predicted molar refractivity (Wildman–Crippen MR) is 70.6 cm³/mol. The van der Waals surface area contributed by atoms with E-state index in [0.29, 0.717) is 5.52 Å². The van der Waals surface area contributed by atoms with Crippen molar-refractivity contribution in [3.63, 3.8) is 0 Å². The third-order valence-corrected chi connectivity index (χ3v) is 2.89. The Balaban J connectivity index is 2.71. The van der Waals surface area contributed by atoms with E-state index in [2.05, 4.69) is 16.9 Å². The molecular formula is C13H11ClF3N3. The number of fused-ring (bicyclic) bond motifs is 1. The number of nitrogens with zero attached hydrogens (tertiary/aromatic N) is 2. The number of hydrogen-bond acceptors (Lipinski definition) is 2. The lowest BCUT2D eigenvalue weighted by atomic mass is 10.1. The minimum absolute atomic E-state index is 0.0176. The summed E-state index contributed by atoms with van der Waals surface area (Å²) in [5, 5.41) is 4.27. The highest BCUT2D eigenvalue weighted by Gasteiger charge is 2.31. The van der Waals surface area contributed by atoms with Crippen LogP contribution in [0.1, 0.15) is 16.8 Å². The van der Waals surface area contributed by atoms with Crippen LogP contribution in [0.5, 0.6) is 0 Å². The molecule has 2 rings (SSSR count). The molecule has 2 N–H and O–H groups in total. The molecule has 0 spiro atoms. The van der Waals surface area contributed by atoms with Gasteiger partial charge in [0.25, 0.3) is 0 Å². The van der Waals surface area contributed by atoms with E-state index in [0.717, 1.165) is 5.56 Å². The summed E-state index contributed by atoms with van der Waals surface area (Å²) in [5.74, 6) is 5.08. The second kappa shape index (κ2) is 5.35. The summed E-state index contributed by atoms with van der Waals surface area (Å²) in [4.78, 5) is 0. The molecule has 0 aliphatic rings. The quantitative estimate of drug-likeness (QED) is 0.650. The van der Waals surface area contributed by atoms with Gasteiger partial charge in [0.2, 0.25) is 0 Å². The summed E-state index contributed by atoms with van der Waals surface area (Å²) in [5.41, 5.74) is 6.39. The molecule has 0 atom stereocenters. The number of aromatic nitrogens is 2. The summed E-state index contributed by atoms with van der Waals surface area (Å²) in [6.07, 6.45) is -5.45. The summed E-state index contributed by atoms with van der Waals surface area (Å²) in [7, 11) is 0. The monoisotopic (exact) mass is 301 g/mol. The van der Waals surface area contributed by atoms with Crippen LogP contribution in [0.2, 0.25) is 5.15 Å². The van der Waals surface area contributed by atoms with Gasteiger partial charge in [0, 0.05) is 5.56 Å². The number of alkyl halides is 3. The fourth-order valence-corrected chi connectivity index (χ4v) is 2.19. The number of nitrogens with two attached hydrogens (primary N) is 1. The number of hydrogen-bond donors (Lipinski definition) is 1. The van der Waals surface area contributed by atoms with Gasteiger partial charge in [-0.1, -0.05) is 17.5 Å². The van der Waals surface area contributed by atoms with Crippen molar-refractivity contribution in [3.8, 4) is 11.8 Å². The summed E-state index contributed by atoms with van der Waals surface area (Å²) in [6.45, 7) is 1.80. The molecule has 0 bridgehead atoms. The molecule has 2 heterocycles. The minimum atomic E-state index is -4.35. The molecule has 0 radical (unpaired) electrons. The molecule has 106 valence electrons. The van der Waals surface area contributed by atoms with Crippen molar-refractivity contribution in [1.82, 2.24) is 9.61 Å². The van der Waals surface area contributed by atoms with Gasteiger partial charge in [-0.25, -0.2) is 4.52 Å². The third-order valence-electron chi connectivity index (χ3n) is 2.62. The van der Waals surface area contributed by atoms with Gasteiger partial charge in [-0.2, -0.15) is 18.3 Å². The van der Waals surface area contributed by atoms with Gasteiger partial charge in [-0.3, -0.25) is 0 Å². The van der Waals surface area contributed by atoms with E-state index < -0.39 is 12.6 Å². The first-order valence-corrected chi connectivity index (χ1v) is 6.13. The molecule has 0 saturated heterocycles. The predicted octanol–water partition coefficient (Wildman–Crippen LogP) is 2.71. The zero-order chi connectivity index (χ0) is 14.9. The molecule has 3 nitrogen and oxygen atoms in total. The maximum atomic E-state index is 12.7. The largest absolute Gasteiger partial charge is 0.393 e. The fourth-order valence-electron chi connectivity index (χ4n) is 1.89. The van der Waals surface area contributed by atoms with E-state index >= 15 is 0 Å². The molecular weight excluding hydrogens is 291 g/mol. The Morgan fingerprint density at radius 1 is 1.40 bits per heavy atom. The first-order chi connectivity index (χ1) is 9.31. The second-order valence-electron chi connectivity index (χ2n) is 4.28. The van der Waals surface area contributed by atoms with Crippen LogP contribution in [0, 0.1) is 18.8 Å². The number of rotatable bonds is 1. The topological polar surface area (TPSA) is 43.3 Å².